The Morgan fingerprint density at radius 2 is 2.17 bits per heavy atom. The molecule has 3 heterocycles. The fraction of sp³-hybridized carbons (Fsp3) is 0.529. The monoisotopic (exact) mass is 314 g/mol. The standard InChI is InChI=1S/C17H22N4O2/c22-12-17(8-10-23-14-6-2-1-5-13(14)17)18-11-16-20-19-15-7-3-4-9-21(15)16/h1-2,5-6,18,22H,3-4,7-12H2. The molecule has 1 unspecified atom stereocenters. The first-order valence-corrected chi connectivity index (χ1v) is 8.31. The number of para-hydroxylation sites is 1. The Bertz CT molecular complexity index is 700. The van der Waals surface area contributed by atoms with Crippen LogP contribution in [-0.4, -0.2) is 33.1 Å². The minimum atomic E-state index is -0.476. The molecule has 6 heteroatoms. The van der Waals surface area contributed by atoms with E-state index < -0.39 is 5.54 Å². The van der Waals surface area contributed by atoms with Crippen molar-refractivity contribution in [2.45, 2.75) is 44.3 Å². The van der Waals surface area contributed by atoms with Crippen molar-refractivity contribution >= 4 is 0 Å². The summed E-state index contributed by atoms with van der Waals surface area (Å²) in [7, 11) is 0. The molecule has 1 aromatic carbocycles. The Morgan fingerprint density at radius 1 is 1.26 bits per heavy atom. The number of nitrogens with zero attached hydrogens (tertiary/aromatic N) is 3. The highest BCUT2D eigenvalue weighted by Crippen LogP contribution is 2.36. The first-order chi connectivity index (χ1) is 11.3. The number of benzene rings is 1. The molecular formula is C17H22N4O2. The fourth-order valence-corrected chi connectivity index (χ4v) is 3.61. The van der Waals surface area contributed by atoms with Crippen molar-refractivity contribution < 1.29 is 9.84 Å². The Labute approximate surface area is 135 Å². The number of ether oxygens (including phenoxy) is 1. The lowest BCUT2D eigenvalue weighted by Gasteiger charge is -2.38. The van der Waals surface area contributed by atoms with Gasteiger partial charge < -0.3 is 14.4 Å². The number of aromatic nitrogens is 3. The van der Waals surface area contributed by atoms with E-state index in [1.807, 2.05) is 24.3 Å². The Morgan fingerprint density at radius 3 is 3.09 bits per heavy atom. The van der Waals surface area contributed by atoms with Gasteiger partial charge in [0.1, 0.15) is 17.4 Å². The molecule has 1 atom stereocenters. The van der Waals surface area contributed by atoms with Crippen molar-refractivity contribution in [2.75, 3.05) is 13.2 Å². The van der Waals surface area contributed by atoms with E-state index in [1.165, 1.54) is 12.8 Å². The van der Waals surface area contributed by atoms with Gasteiger partial charge >= 0.3 is 0 Å². The first kappa shape index (κ1) is 14.7. The van der Waals surface area contributed by atoms with E-state index in [1.54, 1.807) is 0 Å². The quantitative estimate of drug-likeness (QED) is 0.892. The number of nitrogens with one attached hydrogen (secondary N) is 1. The Kier molecular flexibility index (Phi) is 3.79. The van der Waals surface area contributed by atoms with Crippen LogP contribution in [0.5, 0.6) is 5.75 Å². The number of fused-ring (bicyclic) bond motifs is 2. The van der Waals surface area contributed by atoms with Gasteiger partial charge in [-0.3, -0.25) is 5.32 Å². The summed E-state index contributed by atoms with van der Waals surface area (Å²) >= 11 is 0. The lowest BCUT2D eigenvalue weighted by molar-refractivity contribution is 0.105. The van der Waals surface area contributed by atoms with Crippen LogP contribution in [0, 0.1) is 0 Å². The van der Waals surface area contributed by atoms with Crippen molar-refractivity contribution in [1.29, 1.82) is 0 Å². The van der Waals surface area contributed by atoms with Gasteiger partial charge in [-0.2, -0.15) is 0 Å². The molecule has 0 saturated carbocycles. The molecule has 23 heavy (non-hydrogen) atoms. The lowest BCUT2D eigenvalue weighted by Crippen LogP contribution is -2.48. The summed E-state index contributed by atoms with van der Waals surface area (Å²) in [4.78, 5) is 0. The average Bonchev–Trinajstić information content (AvgIpc) is 3.03. The topological polar surface area (TPSA) is 72.2 Å². The van der Waals surface area contributed by atoms with E-state index in [-0.39, 0.29) is 6.61 Å². The minimum absolute atomic E-state index is 0.0361. The second-order valence-corrected chi connectivity index (χ2v) is 6.33. The summed E-state index contributed by atoms with van der Waals surface area (Å²) in [6.45, 7) is 2.23. The summed E-state index contributed by atoms with van der Waals surface area (Å²) in [5.41, 5.74) is 0.544. The van der Waals surface area contributed by atoms with E-state index in [0.717, 1.165) is 42.3 Å². The van der Waals surface area contributed by atoms with Crippen molar-refractivity contribution in [1.82, 2.24) is 20.1 Å². The zero-order valence-electron chi connectivity index (χ0n) is 13.2. The molecule has 0 saturated heterocycles. The second kappa shape index (κ2) is 5.94. The molecule has 0 fully saturated rings. The van der Waals surface area contributed by atoms with Crippen LogP contribution in [0.2, 0.25) is 0 Å². The summed E-state index contributed by atoms with van der Waals surface area (Å²) in [6.07, 6.45) is 4.12. The van der Waals surface area contributed by atoms with Gasteiger partial charge in [-0.25, -0.2) is 0 Å². The first-order valence-electron chi connectivity index (χ1n) is 8.31. The Balaban J connectivity index is 1.59. The maximum atomic E-state index is 10.1. The van der Waals surface area contributed by atoms with Gasteiger partial charge in [-0.1, -0.05) is 18.2 Å². The molecule has 0 amide bonds. The van der Waals surface area contributed by atoms with Crippen LogP contribution in [0.4, 0.5) is 0 Å². The maximum Gasteiger partial charge on any atom is 0.147 e. The second-order valence-electron chi connectivity index (χ2n) is 6.33. The fourth-order valence-electron chi connectivity index (χ4n) is 3.61. The van der Waals surface area contributed by atoms with Crippen LogP contribution < -0.4 is 10.1 Å². The third kappa shape index (κ3) is 2.52. The molecule has 1 aromatic heterocycles. The molecule has 122 valence electrons. The van der Waals surface area contributed by atoms with Crippen LogP contribution in [0.3, 0.4) is 0 Å². The summed E-state index contributed by atoms with van der Waals surface area (Å²) in [5.74, 6) is 2.89. The molecule has 2 N–H and O–H groups in total. The van der Waals surface area contributed by atoms with Crippen molar-refractivity contribution in [3.05, 3.63) is 41.5 Å². The minimum Gasteiger partial charge on any atom is -0.493 e. The van der Waals surface area contributed by atoms with Gasteiger partial charge in [-0.15, -0.1) is 10.2 Å². The van der Waals surface area contributed by atoms with Gasteiger partial charge in [0.25, 0.3) is 0 Å². The molecule has 2 aromatic rings. The number of hydrogen-bond donors (Lipinski definition) is 2. The van der Waals surface area contributed by atoms with E-state index in [2.05, 4.69) is 20.1 Å². The SMILES string of the molecule is OCC1(NCc2nnc3n2CCCC3)CCOc2ccccc21. The van der Waals surface area contributed by atoms with E-state index >= 15 is 0 Å². The number of aryl methyl sites for hydroxylation is 1. The zero-order valence-corrected chi connectivity index (χ0v) is 13.2. The molecule has 0 radical (unpaired) electrons. The van der Waals surface area contributed by atoms with Crippen LogP contribution in [0.15, 0.2) is 24.3 Å². The van der Waals surface area contributed by atoms with Crippen molar-refractivity contribution in [3.8, 4) is 5.75 Å². The molecule has 0 aliphatic carbocycles. The zero-order chi connectivity index (χ0) is 15.7. The third-order valence-electron chi connectivity index (χ3n) is 4.98. The van der Waals surface area contributed by atoms with Gasteiger partial charge in [0.15, 0.2) is 0 Å². The van der Waals surface area contributed by atoms with E-state index in [4.69, 9.17) is 4.74 Å². The summed E-state index contributed by atoms with van der Waals surface area (Å²) < 4.78 is 7.94. The average molecular weight is 314 g/mol. The molecular weight excluding hydrogens is 292 g/mol. The van der Waals surface area contributed by atoms with Gasteiger partial charge in [0, 0.05) is 24.9 Å². The van der Waals surface area contributed by atoms with Crippen molar-refractivity contribution in [2.24, 2.45) is 0 Å². The lowest BCUT2D eigenvalue weighted by atomic mass is 9.85. The van der Waals surface area contributed by atoms with Crippen LogP contribution in [0.1, 0.15) is 36.5 Å². The predicted molar refractivity (Wildman–Crippen MR) is 85.1 cm³/mol. The Hall–Kier alpha value is -1.92. The molecule has 4 rings (SSSR count). The molecule has 2 aliphatic heterocycles. The third-order valence-corrected chi connectivity index (χ3v) is 4.98. The highest BCUT2D eigenvalue weighted by molar-refractivity contribution is 5.41. The predicted octanol–water partition coefficient (Wildman–Crippen LogP) is 1.37. The summed E-state index contributed by atoms with van der Waals surface area (Å²) in [6, 6.07) is 7.93. The molecule has 6 nitrogen and oxygen atoms in total. The normalized spacial score (nSPS) is 23.0. The van der Waals surface area contributed by atoms with Crippen LogP contribution in [0.25, 0.3) is 0 Å². The van der Waals surface area contributed by atoms with Crippen LogP contribution >= 0.6 is 0 Å². The largest absolute Gasteiger partial charge is 0.493 e. The van der Waals surface area contributed by atoms with E-state index in [9.17, 15) is 5.11 Å². The van der Waals surface area contributed by atoms with Crippen molar-refractivity contribution in [3.63, 3.8) is 0 Å². The molecule has 0 spiro atoms. The van der Waals surface area contributed by atoms with Gasteiger partial charge in [0.05, 0.1) is 25.3 Å². The molecule has 0 bridgehead atoms. The molecule has 2 aliphatic rings. The smallest absolute Gasteiger partial charge is 0.147 e. The summed E-state index contributed by atoms with van der Waals surface area (Å²) in [5, 5.41) is 22.3. The van der Waals surface area contributed by atoms with E-state index in [0.29, 0.717) is 13.2 Å². The highest BCUT2D eigenvalue weighted by atomic mass is 16.5. The number of aliphatic hydroxyl groups is 1. The highest BCUT2D eigenvalue weighted by Gasteiger charge is 2.37. The number of hydrogen-bond acceptors (Lipinski definition) is 5. The van der Waals surface area contributed by atoms with Gasteiger partial charge in [0.2, 0.25) is 0 Å². The number of aliphatic hydroxyl groups excluding tert-OH is 1. The van der Waals surface area contributed by atoms with Gasteiger partial charge in [-0.05, 0) is 18.9 Å². The number of rotatable bonds is 4. The van der Waals surface area contributed by atoms with Crippen LogP contribution in [-0.2, 0) is 25.0 Å². The maximum absolute atomic E-state index is 10.1.